The van der Waals surface area contributed by atoms with E-state index in [1.165, 1.54) is 18.5 Å². The van der Waals surface area contributed by atoms with Crippen LogP contribution < -0.4 is 11.1 Å². The molecule has 3 N–H and O–H groups in total. The summed E-state index contributed by atoms with van der Waals surface area (Å²) in [6.45, 7) is 2.57. The Morgan fingerprint density at radius 1 is 1.06 bits per heavy atom. The number of halogens is 1. The van der Waals surface area contributed by atoms with Crippen molar-refractivity contribution in [2.45, 2.75) is 19.5 Å². The topological polar surface area (TPSA) is 111 Å². The van der Waals surface area contributed by atoms with E-state index in [9.17, 15) is 4.39 Å². The standard InChI is InChI=1S/C21H22FN9/c1-14(15-3-9-18(10-4-15)31-13-24-12-25-31)30(2)11-19-27-20(23)29-21(28-19)26-17-7-5-16(22)6-8-17/h3-10,12-14H,11H2,1-2H3,(H3,23,26,27,28,29). The van der Waals surface area contributed by atoms with Crippen LogP contribution in [-0.2, 0) is 6.54 Å². The number of rotatable bonds is 7. The molecule has 0 aliphatic rings. The Hall–Kier alpha value is -3.92. The molecule has 0 saturated heterocycles. The molecule has 4 rings (SSSR count). The molecule has 0 saturated carbocycles. The van der Waals surface area contributed by atoms with Gasteiger partial charge < -0.3 is 11.1 Å². The number of nitrogen functional groups attached to an aromatic ring is 1. The molecule has 4 aromatic rings. The molecule has 2 heterocycles. The summed E-state index contributed by atoms with van der Waals surface area (Å²) < 4.78 is 14.8. The maximum atomic E-state index is 13.1. The zero-order chi connectivity index (χ0) is 21.8. The molecule has 0 radical (unpaired) electrons. The molecule has 0 bridgehead atoms. The minimum absolute atomic E-state index is 0.108. The molecular weight excluding hydrogens is 397 g/mol. The lowest BCUT2D eigenvalue weighted by Gasteiger charge is -2.24. The fraction of sp³-hybridized carbons (Fsp3) is 0.190. The third-order valence-electron chi connectivity index (χ3n) is 4.91. The second-order valence-corrected chi connectivity index (χ2v) is 7.09. The first-order valence-corrected chi connectivity index (χ1v) is 9.66. The van der Waals surface area contributed by atoms with Crippen molar-refractivity contribution in [3.8, 4) is 5.69 Å². The summed E-state index contributed by atoms with van der Waals surface area (Å²) in [4.78, 5) is 18.9. The van der Waals surface area contributed by atoms with Gasteiger partial charge in [-0.3, -0.25) is 4.90 Å². The summed E-state index contributed by atoms with van der Waals surface area (Å²) in [5.41, 5.74) is 8.61. The largest absolute Gasteiger partial charge is 0.368 e. The summed E-state index contributed by atoms with van der Waals surface area (Å²) in [5, 5.41) is 7.16. The van der Waals surface area contributed by atoms with E-state index < -0.39 is 0 Å². The Kier molecular flexibility index (Phi) is 5.80. The monoisotopic (exact) mass is 419 g/mol. The lowest BCUT2D eigenvalue weighted by Crippen LogP contribution is -2.24. The number of hydrogen-bond donors (Lipinski definition) is 2. The maximum Gasteiger partial charge on any atom is 0.232 e. The van der Waals surface area contributed by atoms with Crippen molar-refractivity contribution in [1.29, 1.82) is 0 Å². The zero-order valence-electron chi connectivity index (χ0n) is 17.1. The average molecular weight is 419 g/mol. The van der Waals surface area contributed by atoms with Crippen molar-refractivity contribution in [3.63, 3.8) is 0 Å². The Balaban J connectivity index is 1.45. The molecule has 2 aromatic carbocycles. The number of anilines is 3. The van der Waals surface area contributed by atoms with Gasteiger partial charge in [-0.2, -0.15) is 20.1 Å². The predicted octanol–water partition coefficient (Wildman–Crippen LogP) is 3.11. The molecule has 1 atom stereocenters. The van der Waals surface area contributed by atoms with Crippen LogP contribution in [-0.4, -0.2) is 41.7 Å². The van der Waals surface area contributed by atoms with Crippen molar-refractivity contribution in [3.05, 3.63) is 78.4 Å². The van der Waals surface area contributed by atoms with Gasteiger partial charge in [0.25, 0.3) is 0 Å². The predicted molar refractivity (Wildman–Crippen MR) is 115 cm³/mol. The quantitative estimate of drug-likeness (QED) is 0.470. The van der Waals surface area contributed by atoms with Gasteiger partial charge in [0, 0.05) is 11.7 Å². The number of nitrogens with one attached hydrogen (secondary N) is 1. The Bertz CT molecular complexity index is 1130. The minimum Gasteiger partial charge on any atom is -0.368 e. The van der Waals surface area contributed by atoms with Gasteiger partial charge in [-0.05, 0) is 55.9 Å². The molecule has 1 unspecified atom stereocenters. The van der Waals surface area contributed by atoms with E-state index in [0.29, 0.717) is 24.0 Å². The highest BCUT2D eigenvalue weighted by atomic mass is 19.1. The van der Waals surface area contributed by atoms with Crippen molar-refractivity contribution < 1.29 is 4.39 Å². The third kappa shape index (κ3) is 4.98. The highest BCUT2D eigenvalue weighted by molar-refractivity contribution is 5.53. The van der Waals surface area contributed by atoms with Gasteiger partial charge in [-0.1, -0.05) is 12.1 Å². The van der Waals surface area contributed by atoms with E-state index in [1.54, 1.807) is 23.1 Å². The summed E-state index contributed by atoms with van der Waals surface area (Å²) in [5.74, 6) is 0.650. The first kappa shape index (κ1) is 20.4. The number of benzene rings is 2. The molecule has 2 aromatic heterocycles. The molecule has 9 nitrogen and oxygen atoms in total. The smallest absolute Gasteiger partial charge is 0.232 e. The van der Waals surface area contributed by atoms with Crippen LogP contribution >= 0.6 is 0 Å². The average Bonchev–Trinajstić information content (AvgIpc) is 3.29. The number of hydrogen-bond acceptors (Lipinski definition) is 8. The summed E-state index contributed by atoms with van der Waals surface area (Å²) in [6, 6.07) is 14.1. The Labute approximate surface area is 178 Å². The van der Waals surface area contributed by atoms with Crippen LogP contribution in [0, 0.1) is 5.82 Å². The van der Waals surface area contributed by atoms with Gasteiger partial charge in [0.2, 0.25) is 11.9 Å². The summed E-state index contributed by atoms with van der Waals surface area (Å²) in [7, 11) is 1.99. The molecule has 31 heavy (non-hydrogen) atoms. The van der Waals surface area contributed by atoms with E-state index >= 15 is 0 Å². The normalized spacial score (nSPS) is 12.1. The maximum absolute atomic E-state index is 13.1. The molecule has 10 heteroatoms. The molecule has 0 aliphatic carbocycles. The SMILES string of the molecule is CC(c1ccc(-n2cncn2)cc1)N(C)Cc1nc(N)nc(Nc2ccc(F)cc2)n1. The van der Waals surface area contributed by atoms with Crippen LogP contribution in [0.2, 0.25) is 0 Å². The van der Waals surface area contributed by atoms with Gasteiger partial charge in [0.15, 0.2) is 0 Å². The summed E-state index contributed by atoms with van der Waals surface area (Å²) >= 11 is 0. The van der Waals surface area contributed by atoms with Crippen LogP contribution in [0.25, 0.3) is 5.69 Å². The Morgan fingerprint density at radius 2 is 1.81 bits per heavy atom. The number of nitrogens with zero attached hydrogens (tertiary/aromatic N) is 7. The second kappa shape index (κ2) is 8.84. The van der Waals surface area contributed by atoms with Gasteiger partial charge in [-0.15, -0.1) is 0 Å². The molecule has 158 valence electrons. The highest BCUT2D eigenvalue weighted by Gasteiger charge is 2.15. The van der Waals surface area contributed by atoms with E-state index in [4.69, 9.17) is 5.73 Å². The highest BCUT2D eigenvalue weighted by Crippen LogP contribution is 2.22. The van der Waals surface area contributed by atoms with Crippen LogP contribution in [0.5, 0.6) is 0 Å². The number of nitrogens with two attached hydrogens (primary N) is 1. The van der Waals surface area contributed by atoms with Crippen LogP contribution in [0.15, 0.2) is 61.2 Å². The van der Waals surface area contributed by atoms with Crippen LogP contribution in [0.3, 0.4) is 0 Å². The van der Waals surface area contributed by atoms with Gasteiger partial charge in [-0.25, -0.2) is 14.1 Å². The molecule has 0 fully saturated rings. The molecular formula is C21H22FN9. The summed E-state index contributed by atoms with van der Waals surface area (Å²) in [6.07, 6.45) is 3.16. The lowest BCUT2D eigenvalue weighted by molar-refractivity contribution is 0.247. The van der Waals surface area contributed by atoms with Gasteiger partial charge >= 0.3 is 0 Å². The van der Waals surface area contributed by atoms with Crippen molar-refractivity contribution in [2.24, 2.45) is 0 Å². The minimum atomic E-state index is -0.314. The number of aromatic nitrogens is 6. The first-order valence-electron chi connectivity index (χ1n) is 9.66. The molecule has 0 amide bonds. The van der Waals surface area contributed by atoms with E-state index in [2.05, 4.69) is 54.3 Å². The lowest BCUT2D eigenvalue weighted by atomic mass is 10.1. The molecule has 0 aliphatic heterocycles. The second-order valence-electron chi connectivity index (χ2n) is 7.09. The van der Waals surface area contributed by atoms with Crippen molar-refractivity contribution in [1.82, 2.24) is 34.6 Å². The van der Waals surface area contributed by atoms with Crippen LogP contribution in [0.1, 0.15) is 24.4 Å². The van der Waals surface area contributed by atoms with E-state index in [-0.39, 0.29) is 17.8 Å². The van der Waals surface area contributed by atoms with Crippen LogP contribution in [0.4, 0.5) is 22.0 Å². The van der Waals surface area contributed by atoms with E-state index in [0.717, 1.165) is 11.3 Å². The van der Waals surface area contributed by atoms with E-state index in [1.807, 2.05) is 19.2 Å². The fourth-order valence-electron chi connectivity index (χ4n) is 3.09. The fourth-order valence-corrected chi connectivity index (χ4v) is 3.09. The third-order valence-corrected chi connectivity index (χ3v) is 4.91. The van der Waals surface area contributed by atoms with Gasteiger partial charge in [0.1, 0.15) is 24.3 Å². The zero-order valence-corrected chi connectivity index (χ0v) is 17.1. The van der Waals surface area contributed by atoms with Crippen molar-refractivity contribution in [2.75, 3.05) is 18.1 Å². The van der Waals surface area contributed by atoms with Crippen molar-refractivity contribution >= 4 is 17.6 Å². The Morgan fingerprint density at radius 3 is 2.48 bits per heavy atom. The molecule has 0 spiro atoms. The first-order chi connectivity index (χ1) is 15.0. The van der Waals surface area contributed by atoms with Gasteiger partial charge in [0.05, 0.1) is 12.2 Å².